The molecule has 0 atom stereocenters. The van der Waals surface area contributed by atoms with Gasteiger partial charge in [0.2, 0.25) is 0 Å². The van der Waals surface area contributed by atoms with Crippen LogP contribution in [0, 0.1) is 0 Å². The number of anilines is 4. The molecule has 2 N–H and O–H groups in total. The van der Waals surface area contributed by atoms with Gasteiger partial charge in [0.1, 0.15) is 22.7 Å². The number of benzene rings is 1. The van der Waals surface area contributed by atoms with E-state index in [0.717, 1.165) is 32.0 Å². The number of thiophene rings is 2. The molecule has 0 radical (unpaired) electrons. The molecule has 5 aromatic rings. The highest BCUT2D eigenvalue weighted by Crippen LogP contribution is 2.39. The predicted octanol–water partition coefficient (Wildman–Crippen LogP) is 4.80. The Hall–Kier alpha value is -4.42. The fraction of sp³-hybridized carbons (Fsp3) is 0.185. The molecule has 39 heavy (non-hydrogen) atoms. The van der Waals surface area contributed by atoms with Crippen LogP contribution in [-0.4, -0.2) is 57.3 Å². The third-order valence-corrected chi connectivity index (χ3v) is 8.43. The number of carbonyl (C=O) groups excluding carboxylic acids is 2. The predicted molar refractivity (Wildman–Crippen MR) is 154 cm³/mol. The maximum atomic E-state index is 12.9. The number of hydrogen-bond donors (Lipinski definition) is 2. The smallest absolute Gasteiger partial charge is 0.274 e. The maximum absolute atomic E-state index is 12.9. The highest BCUT2D eigenvalue weighted by Gasteiger charge is 2.27. The Bertz CT molecular complexity index is 1670. The zero-order valence-corrected chi connectivity index (χ0v) is 22.8. The summed E-state index contributed by atoms with van der Waals surface area (Å²) in [6.45, 7) is 1.06. The monoisotopic (exact) mass is 556 g/mol. The van der Waals surface area contributed by atoms with Crippen LogP contribution in [-0.2, 0) is 13.0 Å². The van der Waals surface area contributed by atoms with Gasteiger partial charge >= 0.3 is 0 Å². The van der Waals surface area contributed by atoms with E-state index in [-0.39, 0.29) is 11.8 Å². The number of nitrogens with one attached hydrogen (secondary N) is 2. The Balaban J connectivity index is 1.29. The molecular weight excluding hydrogens is 532 g/mol. The Morgan fingerprint density at radius 2 is 2.00 bits per heavy atom. The van der Waals surface area contributed by atoms with Crippen molar-refractivity contribution < 1.29 is 9.59 Å². The van der Waals surface area contributed by atoms with Crippen LogP contribution in [0.3, 0.4) is 0 Å². The Labute approximate surface area is 232 Å². The van der Waals surface area contributed by atoms with Crippen molar-refractivity contribution in [2.75, 3.05) is 36.2 Å². The normalized spacial score (nSPS) is 12.7. The molecule has 10 nitrogen and oxygen atoms in total. The SMILES string of the molecule is CN(C)c1ccc(Nc2ncnc3sc4c(c23)CCN(C(=O)c2cnccn2)C4)cc1NC(=O)c1cccs1. The number of amides is 2. The van der Waals surface area contributed by atoms with Gasteiger partial charge in [-0.15, -0.1) is 22.7 Å². The minimum absolute atomic E-state index is 0.131. The molecule has 0 fully saturated rings. The van der Waals surface area contributed by atoms with Crippen LogP contribution in [0.1, 0.15) is 30.6 Å². The second-order valence-electron chi connectivity index (χ2n) is 9.16. The van der Waals surface area contributed by atoms with E-state index in [0.29, 0.717) is 41.6 Å². The molecule has 196 valence electrons. The summed E-state index contributed by atoms with van der Waals surface area (Å²) >= 11 is 2.97. The summed E-state index contributed by atoms with van der Waals surface area (Å²) in [6, 6.07) is 9.50. The van der Waals surface area contributed by atoms with Crippen LogP contribution >= 0.6 is 22.7 Å². The van der Waals surface area contributed by atoms with E-state index in [1.165, 1.54) is 23.7 Å². The van der Waals surface area contributed by atoms with E-state index in [4.69, 9.17) is 0 Å². The second kappa shape index (κ2) is 10.4. The third kappa shape index (κ3) is 4.91. The molecule has 1 aliphatic heterocycles. The van der Waals surface area contributed by atoms with Crippen molar-refractivity contribution in [1.82, 2.24) is 24.8 Å². The first-order chi connectivity index (χ1) is 19.0. The Morgan fingerprint density at radius 1 is 1.10 bits per heavy atom. The van der Waals surface area contributed by atoms with Gasteiger partial charge < -0.3 is 20.4 Å². The summed E-state index contributed by atoms with van der Waals surface area (Å²) in [5, 5.41) is 9.34. The minimum Gasteiger partial charge on any atom is -0.376 e. The molecular formula is C27H24N8O2S2. The van der Waals surface area contributed by atoms with Gasteiger partial charge in [-0.25, -0.2) is 15.0 Å². The van der Waals surface area contributed by atoms with E-state index < -0.39 is 0 Å². The van der Waals surface area contributed by atoms with E-state index >= 15 is 0 Å². The third-order valence-electron chi connectivity index (χ3n) is 6.44. The lowest BCUT2D eigenvalue weighted by molar-refractivity contribution is 0.0730. The van der Waals surface area contributed by atoms with Gasteiger partial charge in [0.15, 0.2) is 0 Å². The average molecular weight is 557 g/mol. The van der Waals surface area contributed by atoms with Crippen LogP contribution in [0.25, 0.3) is 10.2 Å². The summed E-state index contributed by atoms with van der Waals surface area (Å²) in [4.78, 5) is 49.3. The molecule has 0 unspecified atom stereocenters. The van der Waals surface area contributed by atoms with E-state index in [2.05, 4.69) is 30.6 Å². The van der Waals surface area contributed by atoms with Gasteiger partial charge in [-0.1, -0.05) is 6.07 Å². The number of hydrogen-bond acceptors (Lipinski definition) is 10. The highest BCUT2D eigenvalue weighted by atomic mass is 32.1. The van der Waals surface area contributed by atoms with Crippen LogP contribution in [0.4, 0.5) is 22.9 Å². The molecule has 5 heterocycles. The number of aromatic nitrogens is 4. The van der Waals surface area contributed by atoms with Crippen LogP contribution in [0.5, 0.6) is 0 Å². The van der Waals surface area contributed by atoms with Crippen molar-refractivity contribution in [2.45, 2.75) is 13.0 Å². The summed E-state index contributed by atoms with van der Waals surface area (Å²) in [6.07, 6.45) is 6.81. The van der Waals surface area contributed by atoms with Gasteiger partial charge in [0.05, 0.1) is 34.4 Å². The fourth-order valence-corrected chi connectivity index (χ4v) is 6.42. The van der Waals surface area contributed by atoms with Gasteiger partial charge in [0.25, 0.3) is 11.8 Å². The van der Waals surface area contributed by atoms with Crippen molar-refractivity contribution in [1.29, 1.82) is 0 Å². The van der Waals surface area contributed by atoms with Crippen LogP contribution in [0.15, 0.2) is 60.6 Å². The van der Waals surface area contributed by atoms with E-state index in [1.54, 1.807) is 34.8 Å². The standard InChI is InChI=1S/C27H24N8O2S2/c1-34(2)20-6-5-16(12-18(20)33-25(36)21-4-3-11-38-21)32-24-23-17-7-10-35(27(37)19-13-28-8-9-29-19)14-22(17)39-26(23)31-15-30-24/h3-6,8-9,11-13,15H,7,10,14H2,1-2H3,(H,33,36)(H,30,31,32). The summed E-state index contributed by atoms with van der Waals surface area (Å²) in [5.74, 6) is 0.412. The molecule has 0 spiro atoms. The van der Waals surface area contributed by atoms with Crippen molar-refractivity contribution in [2.24, 2.45) is 0 Å². The lowest BCUT2D eigenvalue weighted by atomic mass is 10.0. The number of carbonyl (C=O) groups is 2. The molecule has 4 aromatic heterocycles. The van der Waals surface area contributed by atoms with Crippen molar-refractivity contribution in [3.05, 3.63) is 81.6 Å². The minimum atomic E-state index is -0.151. The average Bonchev–Trinajstić information content (AvgIpc) is 3.62. The molecule has 1 aromatic carbocycles. The molecule has 0 aliphatic carbocycles. The maximum Gasteiger partial charge on any atom is 0.274 e. The molecule has 0 saturated heterocycles. The number of nitrogens with zero attached hydrogens (tertiary/aromatic N) is 6. The molecule has 0 saturated carbocycles. The first kappa shape index (κ1) is 24.9. The topological polar surface area (TPSA) is 116 Å². The lowest BCUT2D eigenvalue weighted by Gasteiger charge is -2.26. The zero-order chi connectivity index (χ0) is 26.9. The largest absolute Gasteiger partial charge is 0.376 e. The van der Waals surface area contributed by atoms with Gasteiger partial charge in [0, 0.05) is 43.6 Å². The van der Waals surface area contributed by atoms with Gasteiger partial charge in [-0.05, 0) is 41.6 Å². The summed E-state index contributed by atoms with van der Waals surface area (Å²) < 4.78 is 0. The first-order valence-corrected chi connectivity index (χ1v) is 13.9. The highest BCUT2D eigenvalue weighted by molar-refractivity contribution is 7.19. The van der Waals surface area contributed by atoms with Crippen molar-refractivity contribution in [3.8, 4) is 0 Å². The quantitative estimate of drug-likeness (QED) is 0.306. The Morgan fingerprint density at radius 3 is 2.77 bits per heavy atom. The Kier molecular flexibility index (Phi) is 6.63. The first-order valence-electron chi connectivity index (χ1n) is 12.2. The number of fused-ring (bicyclic) bond motifs is 3. The zero-order valence-electron chi connectivity index (χ0n) is 21.2. The summed E-state index contributed by atoms with van der Waals surface area (Å²) in [5.41, 5.74) is 3.86. The lowest BCUT2D eigenvalue weighted by Crippen LogP contribution is -2.35. The van der Waals surface area contributed by atoms with Crippen molar-refractivity contribution >= 4 is 67.6 Å². The number of rotatable bonds is 6. The molecule has 6 rings (SSSR count). The van der Waals surface area contributed by atoms with E-state index in [1.807, 2.05) is 48.6 Å². The molecule has 12 heteroatoms. The molecule has 0 bridgehead atoms. The van der Waals surface area contributed by atoms with Crippen LogP contribution < -0.4 is 15.5 Å². The van der Waals surface area contributed by atoms with Crippen molar-refractivity contribution in [3.63, 3.8) is 0 Å². The van der Waals surface area contributed by atoms with Gasteiger partial charge in [-0.2, -0.15) is 0 Å². The van der Waals surface area contributed by atoms with Gasteiger partial charge in [-0.3, -0.25) is 14.6 Å². The van der Waals surface area contributed by atoms with E-state index in [9.17, 15) is 9.59 Å². The molecule has 1 aliphatic rings. The summed E-state index contributed by atoms with van der Waals surface area (Å²) in [7, 11) is 3.88. The molecule has 2 amide bonds. The van der Waals surface area contributed by atoms with Crippen LogP contribution in [0.2, 0.25) is 0 Å². The second-order valence-corrected chi connectivity index (χ2v) is 11.2. The fourth-order valence-electron chi connectivity index (χ4n) is 4.60.